The number of carbonyl (C=O) groups is 1. The van der Waals surface area contributed by atoms with E-state index in [2.05, 4.69) is 15.9 Å². The van der Waals surface area contributed by atoms with Gasteiger partial charge in [0, 0.05) is 16.1 Å². The summed E-state index contributed by atoms with van der Waals surface area (Å²) in [5, 5.41) is 0. The summed E-state index contributed by atoms with van der Waals surface area (Å²) >= 11 is 3.36. The molecule has 2 nitrogen and oxygen atoms in total. The fourth-order valence-electron chi connectivity index (χ4n) is 1.21. The average Bonchev–Trinajstić information content (AvgIpc) is 2.03. The minimum Gasteiger partial charge on any atom is -0.328 e. The zero-order valence-corrected chi connectivity index (χ0v) is 9.04. The molecule has 1 atom stereocenters. The van der Waals surface area contributed by atoms with Gasteiger partial charge in [0.1, 0.15) is 6.29 Å². The summed E-state index contributed by atoms with van der Waals surface area (Å²) in [6.07, 6.45) is 1.59. The zero-order valence-electron chi connectivity index (χ0n) is 7.46. The first kappa shape index (κ1) is 10.4. The van der Waals surface area contributed by atoms with Crippen LogP contribution in [0.3, 0.4) is 0 Å². The molecule has 0 bridgehead atoms. The third-order valence-corrected chi connectivity index (χ3v) is 2.27. The van der Waals surface area contributed by atoms with Crippen LogP contribution in [0.1, 0.15) is 22.8 Å². The van der Waals surface area contributed by atoms with Gasteiger partial charge < -0.3 is 5.73 Å². The van der Waals surface area contributed by atoms with Crippen molar-refractivity contribution in [2.45, 2.75) is 19.4 Å². The van der Waals surface area contributed by atoms with Gasteiger partial charge in [0.2, 0.25) is 0 Å². The molecular weight excluding hydrogens is 230 g/mol. The van der Waals surface area contributed by atoms with Crippen molar-refractivity contribution in [1.82, 2.24) is 0 Å². The van der Waals surface area contributed by atoms with Gasteiger partial charge in [0.25, 0.3) is 0 Å². The molecule has 13 heavy (non-hydrogen) atoms. The number of hydrogen-bond acceptors (Lipinski definition) is 2. The number of aldehydes is 1. The van der Waals surface area contributed by atoms with Crippen LogP contribution in [-0.4, -0.2) is 12.3 Å². The van der Waals surface area contributed by atoms with Crippen LogP contribution in [0, 0.1) is 0 Å². The van der Waals surface area contributed by atoms with Crippen molar-refractivity contribution in [3.8, 4) is 0 Å². The highest BCUT2D eigenvalue weighted by molar-refractivity contribution is 9.10. The molecule has 2 N–H and O–H groups in total. The van der Waals surface area contributed by atoms with E-state index in [1.165, 1.54) is 0 Å². The van der Waals surface area contributed by atoms with Crippen molar-refractivity contribution in [3.63, 3.8) is 0 Å². The molecule has 0 radical (unpaired) electrons. The molecular formula is C10H12BrNO. The number of benzene rings is 1. The van der Waals surface area contributed by atoms with Crippen molar-refractivity contribution in [2.75, 3.05) is 0 Å². The van der Waals surface area contributed by atoms with Gasteiger partial charge in [0.15, 0.2) is 0 Å². The third-order valence-electron chi connectivity index (χ3n) is 1.77. The fraction of sp³-hybridized carbons (Fsp3) is 0.300. The molecule has 0 spiro atoms. The highest BCUT2D eigenvalue weighted by Gasteiger charge is 2.04. The lowest BCUT2D eigenvalue weighted by atomic mass is 10.0. The molecule has 0 heterocycles. The lowest BCUT2D eigenvalue weighted by molar-refractivity contribution is 0.112. The van der Waals surface area contributed by atoms with E-state index in [-0.39, 0.29) is 6.04 Å². The molecule has 0 fully saturated rings. The second-order valence-corrected chi connectivity index (χ2v) is 4.06. The topological polar surface area (TPSA) is 43.1 Å². The monoisotopic (exact) mass is 241 g/mol. The van der Waals surface area contributed by atoms with E-state index < -0.39 is 0 Å². The minimum atomic E-state index is 0.0769. The van der Waals surface area contributed by atoms with E-state index in [0.29, 0.717) is 0 Å². The van der Waals surface area contributed by atoms with Crippen LogP contribution in [-0.2, 0) is 6.42 Å². The predicted molar refractivity (Wildman–Crippen MR) is 56.9 cm³/mol. The molecule has 1 aromatic carbocycles. The summed E-state index contributed by atoms with van der Waals surface area (Å²) < 4.78 is 0.980. The van der Waals surface area contributed by atoms with Gasteiger partial charge in [-0.05, 0) is 31.0 Å². The molecule has 0 aromatic heterocycles. The molecule has 1 unspecified atom stereocenters. The Labute approximate surface area is 86.3 Å². The quantitative estimate of drug-likeness (QED) is 0.825. The second kappa shape index (κ2) is 4.53. The second-order valence-electron chi connectivity index (χ2n) is 3.14. The summed E-state index contributed by atoms with van der Waals surface area (Å²) in [5.41, 5.74) is 7.39. The van der Waals surface area contributed by atoms with E-state index in [1.807, 2.05) is 19.1 Å². The number of hydrogen-bond donors (Lipinski definition) is 1. The van der Waals surface area contributed by atoms with Crippen LogP contribution in [0.25, 0.3) is 0 Å². The summed E-state index contributed by atoms with van der Waals surface area (Å²) in [6.45, 7) is 1.93. The number of nitrogens with two attached hydrogens (primary N) is 1. The summed E-state index contributed by atoms with van der Waals surface area (Å²) in [5.74, 6) is 0. The van der Waals surface area contributed by atoms with Gasteiger partial charge in [-0.1, -0.05) is 22.0 Å². The van der Waals surface area contributed by atoms with Crippen LogP contribution in [0.5, 0.6) is 0 Å². The number of halogens is 1. The molecule has 0 amide bonds. The molecule has 70 valence electrons. The van der Waals surface area contributed by atoms with Gasteiger partial charge in [0.05, 0.1) is 0 Å². The standard InChI is InChI=1S/C10H12BrNO/c1-7(12)4-9-5-10(11)3-2-8(9)6-13/h2-3,5-7H,4,12H2,1H3. The maximum Gasteiger partial charge on any atom is 0.150 e. The Kier molecular flexibility index (Phi) is 3.63. The average molecular weight is 242 g/mol. The van der Waals surface area contributed by atoms with E-state index in [0.717, 1.165) is 28.3 Å². The lowest BCUT2D eigenvalue weighted by Gasteiger charge is -2.07. The van der Waals surface area contributed by atoms with E-state index in [4.69, 9.17) is 5.73 Å². The van der Waals surface area contributed by atoms with Gasteiger partial charge in [-0.25, -0.2) is 0 Å². The van der Waals surface area contributed by atoms with Crippen molar-refractivity contribution in [1.29, 1.82) is 0 Å². The number of carbonyl (C=O) groups excluding carboxylic acids is 1. The van der Waals surface area contributed by atoms with Crippen LogP contribution in [0.2, 0.25) is 0 Å². The first-order valence-corrected chi connectivity index (χ1v) is 4.92. The molecule has 0 aliphatic carbocycles. The smallest absolute Gasteiger partial charge is 0.150 e. The molecule has 1 rings (SSSR count). The van der Waals surface area contributed by atoms with E-state index in [9.17, 15) is 4.79 Å². The summed E-state index contributed by atoms with van der Waals surface area (Å²) in [6, 6.07) is 5.67. The van der Waals surface area contributed by atoms with Crippen LogP contribution < -0.4 is 5.73 Å². The predicted octanol–water partition coefficient (Wildman–Crippen LogP) is 2.15. The van der Waals surface area contributed by atoms with Crippen molar-refractivity contribution in [2.24, 2.45) is 5.73 Å². The van der Waals surface area contributed by atoms with Crippen molar-refractivity contribution in [3.05, 3.63) is 33.8 Å². The minimum absolute atomic E-state index is 0.0769. The Morgan fingerprint density at radius 2 is 2.31 bits per heavy atom. The Morgan fingerprint density at radius 1 is 1.62 bits per heavy atom. The SMILES string of the molecule is CC(N)Cc1cc(Br)ccc1C=O. The summed E-state index contributed by atoms with van der Waals surface area (Å²) in [4.78, 5) is 10.7. The van der Waals surface area contributed by atoms with E-state index >= 15 is 0 Å². The molecule has 1 aromatic rings. The zero-order chi connectivity index (χ0) is 9.84. The first-order valence-electron chi connectivity index (χ1n) is 4.12. The highest BCUT2D eigenvalue weighted by atomic mass is 79.9. The van der Waals surface area contributed by atoms with Crippen molar-refractivity contribution >= 4 is 22.2 Å². The largest absolute Gasteiger partial charge is 0.328 e. The normalized spacial score (nSPS) is 12.5. The lowest BCUT2D eigenvalue weighted by Crippen LogP contribution is -2.18. The van der Waals surface area contributed by atoms with Gasteiger partial charge in [-0.15, -0.1) is 0 Å². The molecule has 0 aliphatic rings. The van der Waals surface area contributed by atoms with Crippen molar-refractivity contribution < 1.29 is 4.79 Å². The Balaban J connectivity index is 3.01. The molecule has 0 saturated carbocycles. The van der Waals surface area contributed by atoms with Gasteiger partial charge in [-0.2, -0.15) is 0 Å². The molecule has 0 aliphatic heterocycles. The van der Waals surface area contributed by atoms with Crippen LogP contribution in [0.4, 0.5) is 0 Å². The Bertz CT molecular complexity index is 310. The third kappa shape index (κ3) is 2.94. The maximum atomic E-state index is 10.7. The molecule has 0 saturated heterocycles. The highest BCUT2D eigenvalue weighted by Crippen LogP contribution is 2.16. The maximum absolute atomic E-state index is 10.7. The van der Waals surface area contributed by atoms with Crippen LogP contribution >= 0.6 is 15.9 Å². The Hall–Kier alpha value is -0.670. The first-order chi connectivity index (χ1) is 6.13. The fourth-order valence-corrected chi connectivity index (χ4v) is 1.62. The summed E-state index contributed by atoms with van der Waals surface area (Å²) in [7, 11) is 0. The van der Waals surface area contributed by atoms with Gasteiger partial charge in [-0.3, -0.25) is 4.79 Å². The van der Waals surface area contributed by atoms with Crippen LogP contribution in [0.15, 0.2) is 22.7 Å². The van der Waals surface area contributed by atoms with Gasteiger partial charge >= 0.3 is 0 Å². The van der Waals surface area contributed by atoms with E-state index in [1.54, 1.807) is 6.07 Å². The Morgan fingerprint density at radius 3 is 2.85 bits per heavy atom. The molecule has 3 heteroatoms. The number of rotatable bonds is 3.